The van der Waals surface area contributed by atoms with Crippen molar-refractivity contribution in [2.45, 2.75) is 59.2 Å². The predicted molar refractivity (Wildman–Crippen MR) is 98.1 cm³/mol. The molecule has 0 heterocycles. The van der Waals surface area contributed by atoms with E-state index in [1.165, 1.54) is 6.92 Å². The number of carbonyl (C=O) groups excluding carboxylic acids is 3. The van der Waals surface area contributed by atoms with Crippen LogP contribution in [0.4, 0.5) is 10.5 Å². The number of hydrogen-bond donors (Lipinski definition) is 2. The fourth-order valence-corrected chi connectivity index (χ4v) is 1.52. The first-order valence-electron chi connectivity index (χ1n) is 8.00. The van der Waals surface area contributed by atoms with E-state index in [0.717, 1.165) is 4.90 Å². The summed E-state index contributed by atoms with van der Waals surface area (Å²) < 4.78 is 5.20. The Hall–Kier alpha value is -2.25. The van der Waals surface area contributed by atoms with Gasteiger partial charge in [-0.05, 0) is 45.9 Å². The summed E-state index contributed by atoms with van der Waals surface area (Å²) in [6, 6.07) is 7.13. The first kappa shape index (κ1) is 22.8. The zero-order chi connectivity index (χ0) is 19.8. The lowest BCUT2D eigenvalue weighted by atomic mass is 10.1. The smallest absolute Gasteiger partial charge is 0.421 e. The molecule has 0 aliphatic rings. The third-order valence-electron chi connectivity index (χ3n) is 2.51. The number of Topliss-reactive ketones (excluding diaryl/α,β-unsaturated/α-hetero) is 1. The highest BCUT2D eigenvalue weighted by Crippen LogP contribution is 2.19. The number of amides is 2. The molecule has 140 valence electrons. The van der Waals surface area contributed by atoms with Crippen LogP contribution in [0.1, 0.15) is 41.5 Å². The summed E-state index contributed by atoms with van der Waals surface area (Å²) in [5.74, 6) is -1.34. The number of ketones is 1. The Morgan fingerprint density at radius 3 is 1.84 bits per heavy atom. The van der Waals surface area contributed by atoms with E-state index in [2.05, 4.69) is 0 Å². The first-order valence-corrected chi connectivity index (χ1v) is 8.00. The van der Waals surface area contributed by atoms with Crippen LogP contribution in [0, 0.1) is 0 Å². The van der Waals surface area contributed by atoms with Crippen LogP contribution in [0.15, 0.2) is 30.3 Å². The monoisotopic (exact) mass is 351 g/mol. The zero-order valence-corrected chi connectivity index (χ0v) is 15.8. The van der Waals surface area contributed by atoms with Crippen LogP contribution in [0.3, 0.4) is 0 Å². The standard InChI is InChI=1S/C15H20N2O4.C3H9N/c1-10(18)12(16)13(19)17(11-8-6-5-7-9-11)14(20)21-15(2,3)4;1-3(2)4/h5-9,12H,16H2,1-4H3;3H,4H2,1-2H3. The van der Waals surface area contributed by atoms with Crippen molar-refractivity contribution >= 4 is 23.5 Å². The third-order valence-corrected chi connectivity index (χ3v) is 2.51. The van der Waals surface area contributed by atoms with E-state index >= 15 is 0 Å². The molecule has 7 heteroatoms. The lowest BCUT2D eigenvalue weighted by molar-refractivity contribution is -0.127. The lowest BCUT2D eigenvalue weighted by Crippen LogP contribution is -2.51. The average molecular weight is 351 g/mol. The molecular weight excluding hydrogens is 322 g/mol. The average Bonchev–Trinajstić information content (AvgIpc) is 2.45. The van der Waals surface area contributed by atoms with E-state index in [4.69, 9.17) is 16.2 Å². The third kappa shape index (κ3) is 8.97. The summed E-state index contributed by atoms with van der Waals surface area (Å²) in [4.78, 5) is 36.6. The molecule has 0 spiro atoms. The van der Waals surface area contributed by atoms with Crippen LogP contribution in [0.5, 0.6) is 0 Å². The summed E-state index contributed by atoms with van der Waals surface area (Å²) in [7, 11) is 0. The summed E-state index contributed by atoms with van der Waals surface area (Å²) in [5, 5.41) is 0. The second-order valence-corrected chi connectivity index (χ2v) is 6.82. The first-order chi connectivity index (χ1) is 11.4. The predicted octanol–water partition coefficient (Wildman–Crippen LogP) is 2.22. The van der Waals surface area contributed by atoms with Gasteiger partial charge in [-0.2, -0.15) is 0 Å². The van der Waals surface area contributed by atoms with Crippen molar-refractivity contribution in [1.29, 1.82) is 0 Å². The molecule has 1 rings (SSSR count). The Morgan fingerprint density at radius 1 is 1.04 bits per heavy atom. The number of carbonyl (C=O) groups is 3. The number of ether oxygens (including phenoxy) is 1. The number of anilines is 1. The van der Waals surface area contributed by atoms with Crippen molar-refractivity contribution < 1.29 is 19.1 Å². The van der Waals surface area contributed by atoms with E-state index in [1.807, 2.05) is 13.8 Å². The molecule has 2 amide bonds. The van der Waals surface area contributed by atoms with Gasteiger partial charge in [-0.15, -0.1) is 0 Å². The summed E-state index contributed by atoms with van der Waals surface area (Å²) in [6.07, 6.45) is -0.865. The molecule has 0 saturated heterocycles. The van der Waals surface area contributed by atoms with Gasteiger partial charge in [0, 0.05) is 0 Å². The van der Waals surface area contributed by atoms with Crippen molar-refractivity contribution in [1.82, 2.24) is 0 Å². The van der Waals surface area contributed by atoms with Gasteiger partial charge in [-0.3, -0.25) is 9.59 Å². The number of imide groups is 1. The highest BCUT2D eigenvalue weighted by molar-refractivity contribution is 6.20. The fourth-order valence-electron chi connectivity index (χ4n) is 1.52. The van der Waals surface area contributed by atoms with E-state index in [9.17, 15) is 14.4 Å². The van der Waals surface area contributed by atoms with Crippen LogP contribution in [0.25, 0.3) is 0 Å². The molecule has 1 atom stereocenters. The minimum Gasteiger partial charge on any atom is -0.443 e. The topological polar surface area (TPSA) is 116 Å². The summed E-state index contributed by atoms with van der Waals surface area (Å²) in [6.45, 7) is 10.1. The van der Waals surface area contributed by atoms with Gasteiger partial charge in [0.2, 0.25) is 0 Å². The zero-order valence-electron chi connectivity index (χ0n) is 15.8. The number of nitrogens with zero attached hydrogens (tertiary/aromatic N) is 1. The normalized spacial score (nSPS) is 11.9. The van der Waals surface area contributed by atoms with Crippen LogP contribution >= 0.6 is 0 Å². The van der Waals surface area contributed by atoms with Gasteiger partial charge in [0.1, 0.15) is 11.6 Å². The molecule has 0 aliphatic carbocycles. The molecule has 7 nitrogen and oxygen atoms in total. The van der Waals surface area contributed by atoms with E-state index in [0.29, 0.717) is 11.7 Å². The van der Waals surface area contributed by atoms with Crippen molar-refractivity contribution in [3.8, 4) is 0 Å². The highest BCUT2D eigenvalue weighted by Gasteiger charge is 2.33. The number of rotatable bonds is 3. The number of nitrogens with two attached hydrogens (primary N) is 2. The van der Waals surface area contributed by atoms with Crippen molar-refractivity contribution in [3.63, 3.8) is 0 Å². The molecule has 25 heavy (non-hydrogen) atoms. The minimum absolute atomic E-state index is 0.299. The fraction of sp³-hybridized carbons (Fsp3) is 0.500. The molecule has 0 fully saturated rings. The molecule has 0 bridgehead atoms. The van der Waals surface area contributed by atoms with Crippen molar-refractivity contribution in [3.05, 3.63) is 30.3 Å². The molecule has 1 aromatic carbocycles. The Kier molecular flexibility index (Phi) is 9.01. The van der Waals surface area contributed by atoms with Gasteiger partial charge in [-0.25, -0.2) is 9.69 Å². The van der Waals surface area contributed by atoms with E-state index in [-0.39, 0.29) is 0 Å². The second kappa shape index (κ2) is 9.90. The van der Waals surface area contributed by atoms with Crippen LogP contribution in [-0.4, -0.2) is 35.5 Å². The maximum atomic E-state index is 12.3. The van der Waals surface area contributed by atoms with Gasteiger partial charge in [0.05, 0.1) is 5.69 Å². The lowest BCUT2D eigenvalue weighted by Gasteiger charge is -2.27. The molecule has 0 radical (unpaired) electrons. The largest absolute Gasteiger partial charge is 0.443 e. The molecular formula is C18H29N3O4. The highest BCUT2D eigenvalue weighted by atomic mass is 16.6. The number of hydrogen-bond acceptors (Lipinski definition) is 6. The molecule has 0 aromatic heterocycles. The molecule has 0 aliphatic heterocycles. The van der Waals surface area contributed by atoms with Gasteiger partial charge in [-0.1, -0.05) is 32.0 Å². The van der Waals surface area contributed by atoms with E-state index < -0.39 is 29.4 Å². The van der Waals surface area contributed by atoms with Gasteiger partial charge < -0.3 is 16.2 Å². The van der Waals surface area contributed by atoms with Crippen molar-refractivity contribution in [2.24, 2.45) is 11.5 Å². The Balaban J connectivity index is 0.00000129. The summed E-state index contributed by atoms with van der Waals surface area (Å²) in [5.41, 5.74) is 10.2. The maximum Gasteiger partial charge on any atom is 0.421 e. The quantitative estimate of drug-likeness (QED) is 0.807. The van der Waals surface area contributed by atoms with Gasteiger partial charge >= 0.3 is 6.09 Å². The van der Waals surface area contributed by atoms with E-state index in [1.54, 1.807) is 51.1 Å². The minimum atomic E-state index is -1.40. The second-order valence-electron chi connectivity index (χ2n) is 6.82. The maximum absolute atomic E-state index is 12.3. The molecule has 1 unspecified atom stereocenters. The van der Waals surface area contributed by atoms with Gasteiger partial charge in [0.25, 0.3) is 5.91 Å². The number of para-hydroxylation sites is 1. The van der Waals surface area contributed by atoms with Gasteiger partial charge in [0.15, 0.2) is 5.78 Å². The summed E-state index contributed by atoms with van der Waals surface area (Å²) >= 11 is 0. The Labute approximate surface area is 149 Å². The molecule has 1 aromatic rings. The molecule has 4 N–H and O–H groups in total. The van der Waals surface area contributed by atoms with Crippen LogP contribution < -0.4 is 16.4 Å². The Morgan fingerprint density at radius 2 is 1.48 bits per heavy atom. The molecule has 0 saturated carbocycles. The van der Waals surface area contributed by atoms with Crippen molar-refractivity contribution in [2.75, 3.05) is 4.90 Å². The number of benzene rings is 1. The van der Waals surface area contributed by atoms with Crippen LogP contribution in [-0.2, 0) is 14.3 Å². The Bertz CT molecular complexity index is 577. The SMILES string of the molecule is CC(=O)C(N)C(=O)N(C(=O)OC(C)(C)C)c1ccccc1.CC(C)N. The van der Waals surface area contributed by atoms with Crippen LogP contribution in [0.2, 0.25) is 0 Å².